The van der Waals surface area contributed by atoms with Gasteiger partial charge in [-0.05, 0) is 218 Å². The van der Waals surface area contributed by atoms with Gasteiger partial charge in [0.1, 0.15) is 17.5 Å². The van der Waals surface area contributed by atoms with Crippen LogP contribution < -0.4 is 0 Å². The van der Waals surface area contributed by atoms with Crippen LogP contribution >= 0.6 is 0 Å². The first-order valence-electron chi connectivity index (χ1n) is 31.5. The summed E-state index contributed by atoms with van der Waals surface area (Å²) >= 11 is 0. The van der Waals surface area contributed by atoms with E-state index in [-0.39, 0.29) is 11.6 Å². The molecule has 10 aromatic carbocycles. The van der Waals surface area contributed by atoms with Gasteiger partial charge in [-0.3, -0.25) is 4.57 Å². The SMILES string of the molecule is Fc1ccc2c(c1)c1c(n2-c2cc(-c3cc(-c4ccccc4)nc(-c4cccc(-c5ccc6c(c5)c5ccccc5n6-c5ccc(-c6ccc(-n7c8ccccc8c8ccccc87)nc6)cc5)c4)c3)cc(-n3c4c(c5cc(F)ccc53)CCCC4)c2)CCCC1. The van der Waals surface area contributed by atoms with Crippen LogP contribution in [0.4, 0.5) is 8.78 Å². The summed E-state index contributed by atoms with van der Waals surface area (Å²) in [4.78, 5) is 10.5. The zero-order valence-electron chi connectivity index (χ0n) is 49.3. The van der Waals surface area contributed by atoms with Crippen molar-refractivity contribution in [3.63, 3.8) is 0 Å². The summed E-state index contributed by atoms with van der Waals surface area (Å²) in [6.45, 7) is 0. The van der Waals surface area contributed by atoms with E-state index < -0.39 is 0 Å². The van der Waals surface area contributed by atoms with Crippen LogP contribution in [0.25, 0.3) is 144 Å². The van der Waals surface area contributed by atoms with Gasteiger partial charge >= 0.3 is 0 Å². The third-order valence-corrected chi connectivity index (χ3v) is 19.3. The fourth-order valence-corrected chi connectivity index (χ4v) is 15.2. The van der Waals surface area contributed by atoms with E-state index in [4.69, 9.17) is 9.97 Å². The van der Waals surface area contributed by atoms with Crippen LogP contribution in [0.1, 0.15) is 48.2 Å². The Morgan fingerprint density at radius 2 is 0.756 bits per heavy atom. The van der Waals surface area contributed by atoms with Crippen molar-refractivity contribution in [2.75, 3.05) is 0 Å². The number of hydrogen-bond donors (Lipinski definition) is 0. The summed E-state index contributed by atoms with van der Waals surface area (Å²) in [7, 11) is 0. The molecule has 16 aromatic rings. The monoisotopic (exact) mass is 1160 g/mol. The minimum Gasteiger partial charge on any atom is -0.313 e. The lowest BCUT2D eigenvalue weighted by molar-refractivity contribution is 0.629. The largest absolute Gasteiger partial charge is 0.313 e. The molecule has 0 unspecified atom stereocenters. The highest BCUT2D eigenvalue weighted by Crippen LogP contribution is 2.43. The second kappa shape index (κ2) is 20.9. The number of hydrogen-bond acceptors (Lipinski definition) is 2. The minimum atomic E-state index is -0.221. The van der Waals surface area contributed by atoms with Crippen molar-refractivity contribution in [3.05, 3.63) is 289 Å². The van der Waals surface area contributed by atoms with Crippen LogP contribution in [0.2, 0.25) is 0 Å². The predicted octanol–water partition coefficient (Wildman–Crippen LogP) is 20.9. The summed E-state index contributed by atoms with van der Waals surface area (Å²) < 4.78 is 39.9. The number of benzene rings is 10. The quantitative estimate of drug-likeness (QED) is 0.145. The average Bonchev–Trinajstić information content (AvgIpc) is 1.67. The zero-order chi connectivity index (χ0) is 59.6. The normalized spacial score (nSPS) is 13.3. The van der Waals surface area contributed by atoms with E-state index in [1.54, 1.807) is 24.3 Å². The Labute approximate surface area is 518 Å². The van der Waals surface area contributed by atoms with Crippen molar-refractivity contribution in [1.82, 2.24) is 28.2 Å². The molecule has 8 heteroatoms. The minimum absolute atomic E-state index is 0.221. The number of para-hydroxylation sites is 3. The standard InChI is InChI=1S/C82H58F2N6/c83-59-33-38-80-70(47-59)67-22-7-10-25-75(67)88(80)62-42-57(43-63(49-62)89-76-26-11-8-23-68(76)71-48-60(84)34-39-81(71)89)58-45-72(52-15-2-1-3-16-52)86-73(46-58)55-18-14-17-53(41-55)54-31-37-79-69(44-54)66-21-6-9-24-74(66)87(79)61-35-29-51(30-36-61)56-32-40-82(85-50-56)90-77-27-12-4-19-64(77)65-20-5-13-28-78(65)90/h1-6,9,12-21,24,27-50H,7-8,10-11,22-23,25-26H2. The molecular formula is C82H58F2N6. The first-order valence-corrected chi connectivity index (χ1v) is 31.5. The molecule has 0 aliphatic heterocycles. The molecule has 0 radical (unpaired) electrons. The maximum atomic E-state index is 15.2. The van der Waals surface area contributed by atoms with E-state index in [2.05, 4.69) is 225 Å². The Kier molecular flexibility index (Phi) is 12.1. The summed E-state index contributed by atoms with van der Waals surface area (Å²) in [5.41, 5.74) is 24.8. The molecule has 2 aliphatic carbocycles. The molecule has 18 rings (SSSR count). The molecule has 6 aromatic heterocycles. The average molecular weight is 1170 g/mol. The predicted molar refractivity (Wildman–Crippen MR) is 365 cm³/mol. The molecule has 0 spiro atoms. The smallest absolute Gasteiger partial charge is 0.137 e. The first kappa shape index (κ1) is 52.2. The van der Waals surface area contributed by atoms with Crippen LogP contribution in [0.5, 0.6) is 0 Å². The highest BCUT2D eigenvalue weighted by atomic mass is 19.1. The van der Waals surface area contributed by atoms with E-state index in [1.807, 2.05) is 24.4 Å². The molecule has 0 atom stereocenters. The van der Waals surface area contributed by atoms with Gasteiger partial charge in [-0.1, -0.05) is 121 Å². The molecule has 0 bridgehead atoms. The number of nitrogens with zero attached hydrogens (tertiary/aromatic N) is 6. The molecule has 0 saturated heterocycles. The van der Waals surface area contributed by atoms with E-state index in [9.17, 15) is 0 Å². The number of aryl methyl sites for hydroxylation is 2. The molecule has 430 valence electrons. The van der Waals surface area contributed by atoms with E-state index >= 15 is 8.78 Å². The Morgan fingerprint density at radius 1 is 0.278 bits per heavy atom. The van der Waals surface area contributed by atoms with Gasteiger partial charge in [0.05, 0.1) is 44.5 Å². The lowest BCUT2D eigenvalue weighted by atomic mass is 9.95. The van der Waals surface area contributed by atoms with Crippen molar-refractivity contribution in [2.45, 2.75) is 51.4 Å². The maximum Gasteiger partial charge on any atom is 0.137 e. The van der Waals surface area contributed by atoms with Crippen LogP contribution in [0, 0.1) is 11.6 Å². The van der Waals surface area contributed by atoms with Crippen molar-refractivity contribution < 1.29 is 8.78 Å². The highest BCUT2D eigenvalue weighted by molar-refractivity contribution is 6.11. The second-order valence-electron chi connectivity index (χ2n) is 24.5. The van der Waals surface area contributed by atoms with Crippen LogP contribution in [-0.4, -0.2) is 28.2 Å². The van der Waals surface area contributed by atoms with Crippen LogP contribution in [0.3, 0.4) is 0 Å². The van der Waals surface area contributed by atoms with Gasteiger partial charge in [-0.2, -0.15) is 0 Å². The van der Waals surface area contributed by atoms with Gasteiger partial charge in [0.15, 0.2) is 0 Å². The Balaban J connectivity index is 0.736. The summed E-state index contributed by atoms with van der Waals surface area (Å²) in [6, 6.07) is 87.0. The van der Waals surface area contributed by atoms with Crippen LogP contribution in [-0.2, 0) is 25.7 Å². The number of rotatable bonds is 9. The summed E-state index contributed by atoms with van der Waals surface area (Å²) in [5, 5.41) is 6.76. The number of aromatic nitrogens is 6. The first-order chi connectivity index (χ1) is 44.4. The Hall–Kier alpha value is -11.0. The highest BCUT2D eigenvalue weighted by Gasteiger charge is 2.26. The van der Waals surface area contributed by atoms with E-state index in [1.165, 1.54) is 44.1 Å². The topological polar surface area (TPSA) is 45.5 Å². The molecule has 0 fully saturated rings. The lowest BCUT2D eigenvalue weighted by Gasteiger charge is -2.21. The molecular weight excluding hydrogens is 1110 g/mol. The molecule has 6 heterocycles. The molecule has 0 saturated carbocycles. The number of pyridine rings is 2. The summed E-state index contributed by atoms with van der Waals surface area (Å²) in [5.74, 6) is 0.449. The molecule has 0 amide bonds. The lowest BCUT2D eigenvalue weighted by Crippen LogP contribution is -2.09. The fourth-order valence-electron chi connectivity index (χ4n) is 15.2. The number of fused-ring (bicyclic) bond motifs is 12. The maximum absolute atomic E-state index is 15.2. The third-order valence-electron chi connectivity index (χ3n) is 19.3. The van der Waals surface area contributed by atoms with Crippen molar-refractivity contribution in [2.24, 2.45) is 0 Å². The van der Waals surface area contributed by atoms with Gasteiger partial charge in [-0.15, -0.1) is 0 Å². The summed E-state index contributed by atoms with van der Waals surface area (Å²) in [6.07, 6.45) is 9.92. The van der Waals surface area contributed by atoms with Gasteiger partial charge in [0, 0.05) is 83.7 Å². The van der Waals surface area contributed by atoms with Gasteiger partial charge in [0.2, 0.25) is 0 Å². The molecule has 2 aliphatic rings. The second-order valence-corrected chi connectivity index (χ2v) is 24.5. The van der Waals surface area contributed by atoms with Crippen molar-refractivity contribution >= 4 is 65.4 Å². The zero-order valence-corrected chi connectivity index (χ0v) is 49.3. The van der Waals surface area contributed by atoms with Crippen molar-refractivity contribution in [3.8, 4) is 78.8 Å². The van der Waals surface area contributed by atoms with E-state index in [0.29, 0.717) is 0 Å². The molecule has 0 N–H and O–H groups in total. The van der Waals surface area contributed by atoms with E-state index in [0.717, 1.165) is 174 Å². The Bertz CT molecular complexity index is 5400. The third kappa shape index (κ3) is 8.49. The van der Waals surface area contributed by atoms with Gasteiger partial charge in [0.25, 0.3) is 0 Å². The fraction of sp³-hybridized carbons (Fsp3) is 0.0976. The Morgan fingerprint density at radius 3 is 1.38 bits per heavy atom. The molecule has 90 heavy (non-hydrogen) atoms. The van der Waals surface area contributed by atoms with Crippen LogP contribution in [0.15, 0.2) is 255 Å². The molecule has 6 nitrogen and oxygen atoms in total. The van der Waals surface area contributed by atoms with Gasteiger partial charge in [-0.25, -0.2) is 18.7 Å². The van der Waals surface area contributed by atoms with Gasteiger partial charge < -0.3 is 13.7 Å². The number of halogens is 2. The van der Waals surface area contributed by atoms with Crippen molar-refractivity contribution in [1.29, 1.82) is 0 Å².